The summed E-state index contributed by atoms with van der Waals surface area (Å²) in [6.07, 6.45) is 4.17. The molecule has 1 heterocycles. The van der Waals surface area contributed by atoms with Gasteiger partial charge in [-0.2, -0.15) is 0 Å². The van der Waals surface area contributed by atoms with Crippen molar-refractivity contribution in [3.63, 3.8) is 0 Å². The molecule has 0 aromatic heterocycles. The molecule has 0 aromatic carbocycles. The first-order valence-electron chi connectivity index (χ1n) is 5.06. The van der Waals surface area contributed by atoms with Crippen LogP contribution < -0.4 is 0 Å². The quantitative estimate of drug-likeness (QED) is 0.580. The van der Waals surface area contributed by atoms with Gasteiger partial charge < -0.3 is 0 Å². The molecule has 0 unspecified atom stereocenters. The van der Waals surface area contributed by atoms with E-state index in [2.05, 4.69) is 9.42 Å². The summed E-state index contributed by atoms with van der Waals surface area (Å²) in [4.78, 5) is 2.30. The molecule has 0 aromatic rings. The van der Waals surface area contributed by atoms with Crippen LogP contribution in [-0.4, -0.2) is 22.5 Å². The molecular weight excluding hydrogens is 407 g/mol. The second-order valence-electron chi connectivity index (χ2n) is 2.14. The standard InChI is InChI=1S/C6H10N.2C2H6.W.Y/c1-7-5-3-2-4-6-7;2*1-2;;/h2-6H2;2*1-2H3;;/q-1;;;;. The number of likely N-dealkylation sites (tertiary alicyclic amines) is 1. The van der Waals surface area contributed by atoms with E-state index in [1.54, 1.807) is 0 Å². The van der Waals surface area contributed by atoms with Crippen LogP contribution in [-0.2, 0) is 52.1 Å². The molecule has 0 bridgehead atoms. The van der Waals surface area contributed by atoms with Gasteiger partial charge in [-0.3, -0.25) is 0 Å². The molecule has 0 N–H and O–H groups in total. The summed E-state index contributed by atoms with van der Waals surface area (Å²) in [6.45, 7) is 10.5. The first-order valence-corrected chi connectivity index (χ1v) is 6.53. The molecule has 0 aliphatic carbocycles. The van der Waals surface area contributed by atoms with Crippen molar-refractivity contribution in [3.05, 3.63) is 0 Å². The van der Waals surface area contributed by atoms with Gasteiger partial charge in [0.15, 0.2) is 0 Å². The second kappa shape index (κ2) is 19.2. The van der Waals surface area contributed by atoms with Crippen molar-refractivity contribution in [2.75, 3.05) is 13.1 Å². The first kappa shape index (κ1) is 20.1. The predicted octanol–water partition coefficient (Wildman–Crippen LogP) is 2.71. The molecule has 1 rings (SSSR count). The van der Waals surface area contributed by atoms with Gasteiger partial charge >= 0.3 is 61.1 Å². The predicted molar refractivity (Wildman–Crippen MR) is 53.1 cm³/mol. The topological polar surface area (TPSA) is 3.24 Å². The van der Waals surface area contributed by atoms with Crippen molar-refractivity contribution in [1.82, 2.24) is 4.90 Å². The summed E-state index contributed by atoms with van der Waals surface area (Å²) in [6, 6.07) is 0. The van der Waals surface area contributed by atoms with Crippen molar-refractivity contribution in [2.45, 2.75) is 47.0 Å². The molecule has 13 heavy (non-hydrogen) atoms. The maximum Gasteiger partial charge on any atom is 0 e. The fourth-order valence-electron chi connectivity index (χ4n) is 0.985. The Morgan fingerprint density at radius 3 is 1.54 bits per heavy atom. The van der Waals surface area contributed by atoms with E-state index in [1.807, 2.05) is 27.7 Å². The molecule has 1 saturated heterocycles. The summed E-state index contributed by atoms with van der Waals surface area (Å²) in [5, 5.41) is 0. The van der Waals surface area contributed by atoms with Crippen molar-refractivity contribution in [2.24, 2.45) is 0 Å². The zero-order valence-electron chi connectivity index (χ0n) is 9.47. The third-order valence-electron chi connectivity index (χ3n) is 1.49. The summed E-state index contributed by atoms with van der Waals surface area (Å²) in [5.41, 5.74) is 0. The Morgan fingerprint density at radius 1 is 0.923 bits per heavy atom. The van der Waals surface area contributed by atoms with E-state index in [-0.39, 0.29) is 32.7 Å². The Kier molecular flexibility index (Phi) is 29.7. The fourth-order valence-corrected chi connectivity index (χ4v) is 1.64. The zero-order valence-corrected chi connectivity index (χ0v) is 15.2. The summed E-state index contributed by atoms with van der Waals surface area (Å²) >= 11 is 1.46. The molecule has 1 fully saturated rings. The van der Waals surface area contributed by atoms with E-state index in [1.165, 1.54) is 51.7 Å². The van der Waals surface area contributed by atoms with Crippen LogP contribution in [0.2, 0.25) is 0 Å². The van der Waals surface area contributed by atoms with Gasteiger partial charge in [0, 0.05) is 32.7 Å². The molecule has 0 atom stereocenters. The molecular formula is C10H22NWY-. The summed E-state index contributed by atoms with van der Waals surface area (Å²) in [7, 11) is 0. The van der Waals surface area contributed by atoms with E-state index in [9.17, 15) is 0 Å². The maximum absolute atomic E-state index is 3.22. The van der Waals surface area contributed by atoms with Crippen molar-refractivity contribution in [1.29, 1.82) is 0 Å². The van der Waals surface area contributed by atoms with Gasteiger partial charge in [0.05, 0.1) is 0 Å². The van der Waals surface area contributed by atoms with Crippen LogP contribution in [0.25, 0.3) is 0 Å². The van der Waals surface area contributed by atoms with Crippen LogP contribution in [0, 0.1) is 0 Å². The monoisotopic (exact) mass is 429 g/mol. The summed E-state index contributed by atoms with van der Waals surface area (Å²) < 4.78 is 3.22. The van der Waals surface area contributed by atoms with Crippen LogP contribution in [0.15, 0.2) is 0 Å². The number of nitrogens with zero attached hydrogens (tertiary/aromatic N) is 1. The van der Waals surface area contributed by atoms with Crippen LogP contribution in [0.5, 0.6) is 0 Å². The van der Waals surface area contributed by atoms with Crippen molar-refractivity contribution >= 4 is 4.52 Å². The van der Waals surface area contributed by atoms with E-state index < -0.39 is 0 Å². The second-order valence-corrected chi connectivity index (χ2v) is 2.79. The van der Waals surface area contributed by atoms with Gasteiger partial charge in [-0.15, -0.1) is 0 Å². The average Bonchev–Trinajstić information content (AvgIpc) is 2.25. The average molecular weight is 429 g/mol. The third-order valence-corrected chi connectivity index (χ3v) is 2.41. The fraction of sp³-hybridized carbons (Fsp3) is 0.900. The zero-order chi connectivity index (χ0) is 9.82. The van der Waals surface area contributed by atoms with Crippen LogP contribution in [0.3, 0.4) is 0 Å². The van der Waals surface area contributed by atoms with Crippen LogP contribution in [0.1, 0.15) is 47.0 Å². The van der Waals surface area contributed by atoms with E-state index >= 15 is 0 Å². The van der Waals surface area contributed by atoms with Gasteiger partial charge in [-0.25, -0.2) is 0 Å². The Balaban J connectivity index is -0.000000178. The molecule has 77 valence electrons. The molecule has 1 radical (unpaired) electrons. The minimum absolute atomic E-state index is 0. The maximum atomic E-state index is 3.22. The van der Waals surface area contributed by atoms with Gasteiger partial charge in [-0.05, 0) is 0 Å². The van der Waals surface area contributed by atoms with Crippen molar-refractivity contribution in [3.8, 4) is 0 Å². The smallest absolute Gasteiger partial charge is 0 e. The van der Waals surface area contributed by atoms with Crippen LogP contribution >= 0.6 is 0 Å². The summed E-state index contributed by atoms with van der Waals surface area (Å²) in [5.74, 6) is 0. The normalized spacial score (nSPS) is 15.1. The Morgan fingerprint density at radius 2 is 1.31 bits per heavy atom. The van der Waals surface area contributed by atoms with Gasteiger partial charge in [0.2, 0.25) is 0 Å². The van der Waals surface area contributed by atoms with Gasteiger partial charge in [0.25, 0.3) is 0 Å². The van der Waals surface area contributed by atoms with Crippen molar-refractivity contribution < 1.29 is 52.1 Å². The molecule has 1 nitrogen and oxygen atoms in total. The number of rotatable bonds is 1. The van der Waals surface area contributed by atoms with Gasteiger partial charge in [0.1, 0.15) is 0 Å². The molecule has 0 spiro atoms. The Bertz CT molecular complexity index is 83.0. The molecule has 1 aliphatic heterocycles. The van der Waals surface area contributed by atoms with E-state index in [4.69, 9.17) is 0 Å². The SMILES string of the molecule is CC.CC.[W]=[C-]N1CCCCC1.[Y]. The largest absolute Gasteiger partial charge is 0 e. The number of piperidine rings is 1. The third kappa shape index (κ3) is 13.6. The molecule has 3 heteroatoms. The van der Waals surface area contributed by atoms with Crippen LogP contribution in [0.4, 0.5) is 0 Å². The molecule has 0 saturated carbocycles. The van der Waals surface area contributed by atoms with E-state index in [0.29, 0.717) is 0 Å². The Labute approximate surface area is 120 Å². The number of hydrogen-bond donors (Lipinski definition) is 0. The van der Waals surface area contributed by atoms with E-state index in [0.717, 1.165) is 0 Å². The minimum Gasteiger partial charge on any atom is 0 e. The van der Waals surface area contributed by atoms with Gasteiger partial charge in [-0.1, -0.05) is 27.7 Å². The Hall–Kier alpha value is 1.62. The first-order chi connectivity index (χ1) is 5.93. The minimum atomic E-state index is 0. The molecule has 0 amide bonds. The number of hydrogen-bond acceptors (Lipinski definition) is 1. The molecule has 1 aliphatic rings.